The Bertz CT molecular complexity index is 616. The van der Waals surface area contributed by atoms with E-state index in [-0.39, 0.29) is 0 Å². The smallest absolute Gasteiger partial charge is 0.0667 e. The fourth-order valence-electron chi connectivity index (χ4n) is 2.91. The van der Waals surface area contributed by atoms with Crippen LogP contribution in [-0.2, 0) is 18.2 Å². The van der Waals surface area contributed by atoms with Crippen molar-refractivity contribution in [2.45, 2.75) is 44.7 Å². The van der Waals surface area contributed by atoms with Crippen molar-refractivity contribution in [3.63, 3.8) is 0 Å². The summed E-state index contributed by atoms with van der Waals surface area (Å²) in [5.74, 6) is 0. The molecule has 1 N–H and O–H groups in total. The zero-order valence-electron chi connectivity index (χ0n) is 13.2. The number of hydrogen-bond acceptors (Lipinski definition) is 3. The molecule has 21 heavy (non-hydrogen) atoms. The van der Waals surface area contributed by atoms with Crippen LogP contribution < -0.4 is 5.32 Å². The molecular formula is C17H25N3O. The number of pyridine rings is 1. The third-order valence-electron chi connectivity index (χ3n) is 4.28. The second-order valence-electron chi connectivity index (χ2n) is 6.15. The molecule has 0 radical (unpaired) electrons. The van der Waals surface area contributed by atoms with E-state index in [0.29, 0.717) is 12.1 Å². The van der Waals surface area contributed by atoms with Gasteiger partial charge < -0.3 is 14.6 Å². The van der Waals surface area contributed by atoms with Crippen molar-refractivity contribution in [1.29, 1.82) is 0 Å². The minimum absolute atomic E-state index is 0.328. The van der Waals surface area contributed by atoms with Crippen LogP contribution in [0.5, 0.6) is 0 Å². The summed E-state index contributed by atoms with van der Waals surface area (Å²) in [5, 5.41) is 4.96. The summed E-state index contributed by atoms with van der Waals surface area (Å²) in [6.45, 7) is 3.02. The van der Waals surface area contributed by atoms with Gasteiger partial charge in [0.2, 0.25) is 0 Å². The molecule has 114 valence electrons. The van der Waals surface area contributed by atoms with Crippen molar-refractivity contribution in [1.82, 2.24) is 14.9 Å². The number of nitrogens with one attached hydrogen (secondary N) is 1. The zero-order chi connectivity index (χ0) is 14.8. The van der Waals surface area contributed by atoms with E-state index in [4.69, 9.17) is 4.74 Å². The van der Waals surface area contributed by atoms with E-state index in [0.717, 1.165) is 25.1 Å². The molecule has 0 spiro atoms. The molecule has 0 saturated heterocycles. The summed E-state index contributed by atoms with van der Waals surface area (Å²) < 4.78 is 7.34. The van der Waals surface area contributed by atoms with Gasteiger partial charge in [0, 0.05) is 44.4 Å². The standard InChI is InChI=1S/C17H25N3O/c1-12(19-14-6-7-14)16-9-15-13(5-4-8-21-3)11-20(2)17(15)10-18-16/h9-12,14,19H,4-8H2,1-3H3. The van der Waals surface area contributed by atoms with E-state index in [1.165, 1.54) is 29.3 Å². The number of fused-ring (bicyclic) bond motifs is 1. The molecule has 4 nitrogen and oxygen atoms in total. The molecule has 4 heteroatoms. The molecular weight excluding hydrogens is 262 g/mol. The first-order valence-corrected chi connectivity index (χ1v) is 7.88. The lowest BCUT2D eigenvalue weighted by Gasteiger charge is -2.13. The van der Waals surface area contributed by atoms with Crippen LogP contribution in [0.3, 0.4) is 0 Å². The maximum absolute atomic E-state index is 5.17. The van der Waals surface area contributed by atoms with E-state index in [9.17, 15) is 0 Å². The fourth-order valence-corrected chi connectivity index (χ4v) is 2.91. The van der Waals surface area contributed by atoms with Gasteiger partial charge in [-0.3, -0.25) is 4.98 Å². The molecule has 2 aromatic heterocycles. The van der Waals surface area contributed by atoms with Gasteiger partial charge in [0.25, 0.3) is 0 Å². The Morgan fingerprint density at radius 1 is 1.48 bits per heavy atom. The topological polar surface area (TPSA) is 39.1 Å². The molecule has 3 rings (SSSR count). The van der Waals surface area contributed by atoms with Crippen molar-refractivity contribution in [3.05, 3.63) is 29.7 Å². The van der Waals surface area contributed by atoms with Gasteiger partial charge in [-0.1, -0.05) is 0 Å². The number of hydrogen-bond donors (Lipinski definition) is 1. The average Bonchev–Trinajstić information content (AvgIpc) is 3.24. The molecule has 1 aliphatic rings. The zero-order valence-corrected chi connectivity index (χ0v) is 13.2. The monoisotopic (exact) mass is 287 g/mol. The summed E-state index contributed by atoms with van der Waals surface area (Å²) in [7, 11) is 3.85. The predicted molar refractivity (Wildman–Crippen MR) is 85.5 cm³/mol. The minimum atomic E-state index is 0.328. The highest BCUT2D eigenvalue weighted by atomic mass is 16.5. The van der Waals surface area contributed by atoms with Crippen LogP contribution in [0.25, 0.3) is 10.9 Å². The Hall–Kier alpha value is -1.39. The quantitative estimate of drug-likeness (QED) is 0.796. The van der Waals surface area contributed by atoms with Crippen molar-refractivity contribution in [2.75, 3.05) is 13.7 Å². The van der Waals surface area contributed by atoms with Crippen molar-refractivity contribution >= 4 is 10.9 Å². The minimum Gasteiger partial charge on any atom is -0.385 e. The van der Waals surface area contributed by atoms with Crippen molar-refractivity contribution in [2.24, 2.45) is 7.05 Å². The first kappa shape index (κ1) is 14.5. The molecule has 1 aliphatic carbocycles. The van der Waals surface area contributed by atoms with E-state index >= 15 is 0 Å². The lowest BCUT2D eigenvalue weighted by molar-refractivity contribution is 0.195. The summed E-state index contributed by atoms with van der Waals surface area (Å²) in [6, 6.07) is 3.29. The Morgan fingerprint density at radius 3 is 3.00 bits per heavy atom. The number of nitrogens with zero attached hydrogens (tertiary/aromatic N) is 2. The third kappa shape index (κ3) is 3.27. The molecule has 2 aromatic rings. The Kier molecular flexibility index (Phi) is 4.27. The van der Waals surface area contributed by atoms with Gasteiger partial charge in [0.05, 0.1) is 17.4 Å². The molecule has 1 unspecified atom stereocenters. The van der Waals surface area contributed by atoms with Crippen LogP contribution in [0.15, 0.2) is 18.5 Å². The van der Waals surface area contributed by atoms with Crippen molar-refractivity contribution < 1.29 is 4.74 Å². The van der Waals surface area contributed by atoms with Crippen LogP contribution in [0.2, 0.25) is 0 Å². The highest BCUT2D eigenvalue weighted by Gasteiger charge is 2.24. The molecule has 0 aliphatic heterocycles. The lowest BCUT2D eigenvalue weighted by atomic mass is 10.1. The van der Waals surface area contributed by atoms with E-state index in [2.05, 4.69) is 41.1 Å². The van der Waals surface area contributed by atoms with E-state index < -0.39 is 0 Å². The fraction of sp³-hybridized carbons (Fsp3) is 0.588. The third-order valence-corrected chi connectivity index (χ3v) is 4.28. The second kappa shape index (κ2) is 6.16. The van der Waals surface area contributed by atoms with Gasteiger partial charge in [-0.25, -0.2) is 0 Å². The van der Waals surface area contributed by atoms with Gasteiger partial charge in [-0.15, -0.1) is 0 Å². The summed E-state index contributed by atoms with van der Waals surface area (Å²) in [6.07, 6.45) is 8.96. The number of ether oxygens (including phenoxy) is 1. The molecule has 0 amide bonds. The van der Waals surface area contributed by atoms with Gasteiger partial charge in [0.15, 0.2) is 0 Å². The number of rotatable bonds is 7. The van der Waals surface area contributed by atoms with Crippen LogP contribution in [-0.4, -0.2) is 29.3 Å². The first-order valence-electron chi connectivity index (χ1n) is 7.88. The maximum atomic E-state index is 5.17. The SMILES string of the molecule is COCCCc1cn(C)c2cnc(C(C)NC3CC3)cc12. The first-order chi connectivity index (χ1) is 10.2. The number of aryl methyl sites for hydroxylation is 2. The van der Waals surface area contributed by atoms with Crippen LogP contribution in [0.4, 0.5) is 0 Å². The van der Waals surface area contributed by atoms with Crippen LogP contribution >= 0.6 is 0 Å². The Morgan fingerprint density at radius 2 is 2.29 bits per heavy atom. The average molecular weight is 287 g/mol. The van der Waals surface area contributed by atoms with Gasteiger partial charge in [-0.2, -0.15) is 0 Å². The molecule has 0 bridgehead atoms. The molecule has 0 aromatic carbocycles. The molecule has 1 saturated carbocycles. The largest absolute Gasteiger partial charge is 0.385 e. The van der Waals surface area contributed by atoms with E-state index in [1.807, 2.05) is 6.20 Å². The van der Waals surface area contributed by atoms with Gasteiger partial charge in [-0.05, 0) is 44.2 Å². The van der Waals surface area contributed by atoms with Gasteiger partial charge in [0.1, 0.15) is 0 Å². The highest BCUT2D eigenvalue weighted by Crippen LogP contribution is 2.27. The predicted octanol–water partition coefficient (Wildman–Crippen LogP) is 2.97. The second-order valence-corrected chi connectivity index (χ2v) is 6.15. The number of aromatic nitrogens is 2. The summed E-state index contributed by atoms with van der Waals surface area (Å²) >= 11 is 0. The lowest BCUT2D eigenvalue weighted by Crippen LogP contribution is -2.21. The molecule has 2 heterocycles. The Balaban J connectivity index is 1.84. The molecule has 1 atom stereocenters. The van der Waals surface area contributed by atoms with E-state index in [1.54, 1.807) is 7.11 Å². The summed E-state index contributed by atoms with van der Waals surface area (Å²) in [5.41, 5.74) is 3.75. The van der Waals surface area contributed by atoms with Crippen LogP contribution in [0.1, 0.15) is 43.5 Å². The normalized spacial score (nSPS) is 16.5. The Labute approximate surface area is 126 Å². The maximum Gasteiger partial charge on any atom is 0.0667 e. The molecule has 1 fully saturated rings. The highest BCUT2D eigenvalue weighted by molar-refractivity contribution is 5.83. The number of methoxy groups -OCH3 is 1. The summed E-state index contributed by atoms with van der Waals surface area (Å²) in [4.78, 5) is 4.65. The van der Waals surface area contributed by atoms with Gasteiger partial charge >= 0.3 is 0 Å². The van der Waals surface area contributed by atoms with Crippen molar-refractivity contribution in [3.8, 4) is 0 Å². The van der Waals surface area contributed by atoms with Crippen LogP contribution in [0, 0.1) is 0 Å².